The molecular weight excluding hydrogens is 400 g/mol. The van der Waals surface area contributed by atoms with E-state index in [0.29, 0.717) is 15.6 Å². The van der Waals surface area contributed by atoms with Crippen molar-refractivity contribution < 1.29 is 9.72 Å². The highest BCUT2D eigenvalue weighted by Gasteiger charge is 2.34. The molecule has 0 atom stereocenters. The van der Waals surface area contributed by atoms with E-state index in [9.17, 15) is 14.9 Å². The third-order valence-corrected chi connectivity index (χ3v) is 5.17. The highest BCUT2D eigenvalue weighted by molar-refractivity contribution is 8.18. The number of hydrogen-bond donors (Lipinski definition) is 1. The Balaban J connectivity index is 1.67. The smallest absolute Gasteiger partial charge is 0.285 e. The van der Waals surface area contributed by atoms with Crippen molar-refractivity contribution in [1.29, 1.82) is 0 Å². The Morgan fingerprint density at radius 3 is 2.20 bits per heavy atom. The van der Waals surface area contributed by atoms with Gasteiger partial charge in [-0.25, -0.2) is 4.99 Å². The van der Waals surface area contributed by atoms with Crippen LogP contribution in [-0.4, -0.2) is 21.0 Å². The molecule has 1 fully saturated rings. The summed E-state index contributed by atoms with van der Waals surface area (Å²) in [7, 11) is 0. The minimum Gasteiger partial charge on any atom is -0.289 e. The van der Waals surface area contributed by atoms with E-state index >= 15 is 0 Å². The molecular formula is C22H16N4O3S. The number of aliphatic imine (C=N–C) groups is 1. The third kappa shape index (κ3) is 4.39. The Hall–Kier alpha value is -3.91. The number of hydrogen-bond acceptors (Lipinski definition) is 6. The zero-order valence-corrected chi connectivity index (χ0v) is 16.5. The van der Waals surface area contributed by atoms with Crippen LogP contribution in [0.3, 0.4) is 0 Å². The summed E-state index contributed by atoms with van der Waals surface area (Å²) in [6.07, 6.45) is 1.70. The van der Waals surface area contributed by atoms with Crippen LogP contribution in [0.5, 0.6) is 0 Å². The fourth-order valence-electron chi connectivity index (χ4n) is 2.75. The Bertz CT molecular complexity index is 1130. The molecule has 30 heavy (non-hydrogen) atoms. The van der Waals surface area contributed by atoms with Crippen molar-refractivity contribution >= 4 is 46.0 Å². The Morgan fingerprint density at radius 1 is 0.933 bits per heavy atom. The molecule has 0 saturated carbocycles. The summed E-state index contributed by atoms with van der Waals surface area (Å²) in [5.74, 6) is -0.253. The van der Waals surface area contributed by atoms with Crippen molar-refractivity contribution in [2.24, 2.45) is 4.99 Å². The van der Waals surface area contributed by atoms with Gasteiger partial charge in [0.15, 0.2) is 5.17 Å². The monoisotopic (exact) mass is 416 g/mol. The molecule has 4 rings (SSSR count). The van der Waals surface area contributed by atoms with Gasteiger partial charge in [0.05, 0.1) is 21.2 Å². The second kappa shape index (κ2) is 8.62. The van der Waals surface area contributed by atoms with E-state index in [1.807, 2.05) is 60.7 Å². The summed E-state index contributed by atoms with van der Waals surface area (Å²) in [6.45, 7) is 0. The fraction of sp³-hybridized carbons (Fsp3) is 0. The lowest BCUT2D eigenvalue weighted by molar-refractivity contribution is -0.384. The van der Waals surface area contributed by atoms with Crippen LogP contribution in [0.25, 0.3) is 6.08 Å². The van der Waals surface area contributed by atoms with Gasteiger partial charge in [-0.15, -0.1) is 0 Å². The van der Waals surface area contributed by atoms with Crippen molar-refractivity contribution in [3.05, 3.63) is 106 Å². The fourth-order valence-corrected chi connectivity index (χ4v) is 3.69. The maximum absolute atomic E-state index is 13.1. The molecule has 0 aliphatic carbocycles. The Labute approximate surface area is 176 Å². The topological polar surface area (TPSA) is 87.8 Å². The lowest BCUT2D eigenvalue weighted by Gasteiger charge is -2.17. The van der Waals surface area contributed by atoms with Crippen LogP contribution in [0.1, 0.15) is 5.56 Å². The van der Waals surface area contributed by atoms with Crippen LogP contribution in [0.4, 0.5) is 17.1 Å². The molecule has 3 aromatic rings. The molecule has 1 saturated heterocycles. The Morgan fingerprint density at radius 2 is 1.57 bits per heavy atom. The number of amides is 1. The summed E-state index contributed by atoms with van der Waals surface area (Å²) >= 11 is 1.24. The molecule has 1 aliphatic heterocycles. The lowest BCUT2D eigenvalue weighted by Crippen LogP contribution is -2.34. The van der Waals surface area contributed by atoms with Gasteiger partial charge < -0.3 is 0 Å². The SMILES string of the molecule is O=C1/C(=C/c2ccc([N+](=O)[O-])cc2)SC(=Nc2ccccc2)N1Nc1ccccc1. The maximum Gasteiger partial charge on any atom is 0.285 e. The van der Waals surface area contributed by atoms with Crippen molar-refractivity contribution in [2.75, 3.05) is 5.43 Å². The first-order valence-electron chi connectivity index (χ1n) is 9.04. The number of carbonyl (C=O) groups excluding carboxylic acids is 1. The van der Waals surface area contributed by atoms with Gasteiger partial charge >= 0.3 is 0 Å². The number of thioether (sulfide) groups is 1. The molecule has 8 heteroatoms. The summed E-state index contributed by atoms with van der Waals surface area (Å²) in [4.78, 5) is 28.5. The van der Waals surface area contributed by atoms with Gasteiger partial charge in [0.1, 0.15) is 0 Å². The predicted molar refractivity (Wildman–Crippen MR) is 119 cm³/mol. The molecule has 0 unspecified atom stereocenters. The summed E-state index contributed by atoms with van der Waals surface area (Å²) in [5, 5.41) is 12.7. The van der Waals surface area contributed by atoms with Crippen molar-refractivity contribution in [3.8, 4) is 0 Å². The number of hydrazine groups is 1. The maximum atomic E-state index is 13.1. The summed E-state index contributed by atoms with van der Waals surface area (Å²) in [5.41, 5.74) is 5.28. The van der Waals surface area contributed by atoms with Crippen LogP contribution in [0.15, 0.2) is 94.8 Å². The molecule has 3 aromatic carbocycles. The van der Waals surface area contributed by atoms with E-state index in [1.54, 1.807) is 18.2 Å². The van der Waals surface area contributed by atoms with E-state index < -0.39 is 4.92 Å². The highest BCUT2D eigenvalue weighted by atomic mass is 32.2. The molecule has 0 radical (unpaired) electrons. The number of carbonyl (C=O) groups is 1. The second-order valence-corrected chi connectivity index (χ2v) is 7.32. The molecule has 0 aromatic heterocycles. The van der Waals surface area contributed by atoms with Gasteiger partial charge in [-0.1, -0.05) is 36.4 Å². The van der Waals surface area contributed by atoms with Crippen LogP contribution in [0.2, 0.25) is 0 Å². The van der Waals surface area contributed by atoms with Gasteiger partial charge in [-0.05, 0) is 59.8 Å². The average Bonchev–Trinajstić information content (AvgIpc) is 3.04. The molecule has 0 bridgehead atoms. The average molecular weight is 416 g/mol. The number of non-ortho nitro benzene ring substituents is 1. The predicted octanol–water partition coefficient (Wildman–Crippen LogP) is 5.23. The molecule has 1 N–H and O–H groups in total. The van der Waals surface area contributed by atoms with Crippen molar-refractivity contribution in [3.63, 3.8) is 0 Å². The van der Waals surface area contributed by atoms with Crippen molar-refractivity contribution in [2.45, 2.75) is 0 Å². The number of nitrogens with zero attached hydrogens (tertiary/aromatic N) is 3. The molecule has 1 amide bonds. The van der Waals surface area contributed by atoms with E-state index in [4.69, 9.17) is 0 Å². The van der Waals surface area contributed by atoms with Gasteiger partial charge in [0.2, 0.25) is 0 Å². The molecule has 0 spiro atoms. The minimum absolute atomic E-state index is 0.00116. The zero-order valence-electron chi connectivity index (χ0n) is 15.6. The number of nitro benzene ring substituents is 1. The summed E-state index contributed by atoms with van der Waals surface area (Å²) < 4.78 is 0. The molecule has 1 aliphatic rings. The number of para-hydroxylation sites is 2. The van der Waals surface area contributed by atoms with Crippen LogP contribution in [-0.2, 0) is 4.79 Å². The first-order valence-corrected chi connectivity index (χ1v) is 9.86. The quantitative estimate of drug-likeness (QED) is 0.350. The van der Waals surface area contributed by atoms with Crippen LogP contribution >= 0.6 is 11.8 Å². The minimum atomic E-state index is -0.456. The van der Waals surface area contributed by atoms with E-state index in [-0.39, 0.29) is 11.6 Å². The number of amidine groups is 1. The number of anilines is 1. The van der Waals surface area contributed by atoms with E-state index in [0.717, 1.165) is 11.4 Å². The van der Waals surface area contributed by atoms with Crippen LogP contribution in [0, 0.1) is 10.1 Å². The highest BCUT2D eigenvalue weighted by Crippen LogP contribution is 2.34. The van der Waals surface area contributed by atoms with Gasteiger partial charge in [-0.2, -0.15) is 5.01 Å². The molecule has 148 valence electrons. The summed E-state index contributed by atoms with van der Waals surface area (Å²) in [6, 6.07) is 24.8. The Kier molecular flexibility index (Phi) is 5.58. The van der Waals surface area contributed by atoms with Gasteiger partial charge in [0.25, 0.3) is 11.6 Å². The normalized spacial score (nSPS) is 16.3. The van der Waals surface area contributed by atoms with Gasteiger partial charge in [0, 0.05) is 12.1 Å². The standard InChI is InChI=1S/C22H16N4O3S/c27-21-20(15-16-11-13-19(14-12-16)26(28)29)30-22(23-17-7-3-1-4-8-17)25(21)24-18-9-5-2-6-10-18/h1-15,24H/b20-15-,23-22?. The van der Waals surface area contributed by atoms with Gasteiger partial charge in [-0.3, -0.25) is 20.3 Å². The number of rotatable bonds is 5. The first kappa shape index (κ1) is 19.4. The second-order valence-electron chi connectivity index (χ2n) is 6.31. The number of benzene rings is 3. The van der Waals surface area contributed by atoms with E-state index in [2.05, 4.69) is 10.4 Å². The first-order chi connectivity index (χ1) is 14.6. The van der Waals surface area contributed by atoms with E-state index in [1.165, 1.54) is 28.9 Å². The lowest BCUT2D eigenvalue weighted by atomic mass is 10.2. The van der Waals surface area contributed by atoms with Crippen LogP contribution < -0.4 is 5.43 Å². The largest absolute Gasteiger partial charge is 0.289 e. The molecule has 7 nitrogen and oxygen atoms in total. The molecule has 1 heterocycles. The van der Waals surface area contributed by atoms with Crippen molar-refractivity contribution in [1.82, 2.24) is 5.01 Å². The zero-order chi connectivity index (χ0) is 20.9. The third-order valence-electron chi connectivity index (χ3n) is 4.20. The number of nitrogens with one attached hydrogen (secondary N) is 1. The number of nitro groups is 1.